The van der Waals surface area contributed by atoms with Gasteiger partial charge in [-0.1, -0.05) is 38.5 Å². The van der Waals surface area contributed by atoms with Crippen LogP contribution in [-0.4, -0.2) is 64.6 Å². The van der Waals surface area contributed by atoms with Crippen LogP contribution in [0, 0.1) is 0 Å². The van der Waals surface area contributed by atoms with Crippen molar-refractivity contribution >= 4 is 32.0 Å². The first-order valence-electron chi connectivity index (χ1n) is 12.0. The molecule has 0 aromatic heterocycles. The third kappa shape index (κ3) is 10.0. The fraction of sp³-hybridized carbons (Fsp3) is 0.818. The minimum Gasteiger partial charge on any atom is -0.461 e. The van der Waals surface area contributed by atoms with Gasteiger partial charge in [-0.3, -0.25) is 0 Å². The third-order valence-corrected chi connectivity index (χ3v) is 10.2. The van der Waals surface area contributed by atoms with Gasteiger partial charge in [-0.2, -0.15) is 0 Å². The molecule has 196 valence electrons. The first-order chi connectivity index (χ1) is 16.0. The average molecular weight is 523 g/mol. The number of ether oxygens (including phenoxy) is 2. The van der Waals surface area contributed by atoms with Crippen LogP contribution in [0.4, 0.5) is 0 Å². The van der Waals surface area contributed by atoms with Crippen LogP contribution < -0.4 is 9.44 Å². The van der Waals surface area contributed by atoms with E-state index in [4.69, 9.17) is 9.47 Å². The summed E-state index contributed by atoms with van der Waals surface area (Å²) in [5, 5.41) is -0.827. The zero-order valence-corrected chi connectivity index (χ0v) is 21.7. The molecule has 2 aliphatic rings. The fourth-order valence-electron chi connectivity index (χ4n) is 4.22. The first-order valence-corrected chi connectivity index (χ1v) is 15.1. The molecule has 2 rings (SSSR count). The zero-order valence-electron chi connectivity index (χ0n) is 20.0. The summed E-state index contributed by atoms with van der Waals surface area (Å²) in [5.41, 5.74) is 0. The van der Waals surface area contributed by atoms with Crippen LogP contribution in [0.1, 0.15) is 78.1 Å². The number of sulfonamides is 2. The third-order valence-electron chi connectivity index (χ3n) is 6.02. The quantitative estimate of drug-likeness (QED) is 0.292. The van der Waals surface area contributed by atoms with E-state index in [0.29, 0.717) is 25.7 Å². The average Bonchev–Trinajstić information content (AvgIpc) is 2.80. The lowest BCUT2D eigenvalue weighted by Crippen LogP contribution is -2.42. The monoisotopic (exact) mass is 522 g/mol. The van der Waals surface area contributed by atoms with Gasteiger partial charge in [0.1, 0.15) is 13.2 Å². The molecule has 2 aliphatic carbocycles. The van der Waals surface area contributed by atoms with E-state index in [1.165, 1.54) is 0 Å². The molecule has 0 aromatic carbocycles. The van der Waals surface area contributed by atoms with Gasteiger partial charge >= 0.3 is 11.9 Å². The lowest BCUT2D eigenvalue weighted by molar-refractivity contribution is -0.141. The summed E-state index contributed by atoms with van der Waals surface area (Å²) < 4.78 is 64.6. The van der Waals surface area contributed by atoms with Crippen molar-refractivity contribution in [3.63, 3.8) is 0 Å². The van der Waals surface area contributed by atoms with Crippen LogP contribution in [0.3, 0.4) is 0 Å². The number of rotatable bonds is 12. The number of nitrogens with one attached hydrogen (secondary N) is 2. The van der Waals surface area contributed by atoms with Gasteiger partial charge in [0.05, 0.1) is 22.6 Å². The van der Waals surface area contributed by atoms with Crippen LogP contribution in [0.25, 0.3) is 0 Å². The minimum atomic E-state index is -3.47. The molecular weight excluding hydrogens is 484 g/mol. The van der Waals surface area contributed by atoms with Gasteiger partial charge in [0.2, 0.25) is 20.0 Å². The van der Waals surface area contributed by atoms with Gasteiger partial charge in [-0.25, -0.2) is 35.9 Å². The second-order valence-electron chi connectivity index (χ2n) is 9.24. The Balaban J connectivity index is 1.67. The smallest absolute Gasteiger partial charge is 0.331 e. The molecule has 0 spiro atoms. The molecule has 0 amide bonds. The van der Waals surface area contributed by atoms with Crippen molar-refractivity contribution < 1.29 is 35.9 Å². The Labute approximate surface area is 203 Å². The van der Waals surface area contributed by atoms with Crippen molar-refractivity contribution in [2.75, 3.05) is 13.2 Å². The van der Waals surface area contributed by atoms with Crippen molar-refractivity contribution in [3.05, 3.63) is 12.2 Å². The summed E-state index contributed by atoms with van der Waals surface area (Å²) in [6.07, 6.45) is 9.96. The molecule has 0 saturated heterocycles. The highest BCUT2D eigenvalue weighted by Crippen LogP contribution is 2.24. The molecule has 0 bridgehead atoms. The van der Waals surface area contributed by atoms with E-state index in [0.717, 1.165) is 50.7 Å². The van der Waals surface area contributed by atoms with Crippen LogP contribution >= 0.6 is 0 Å². The number of esters is 2. The van der Waals surface area contributed by atoms with E-state index in [9.17, 15) is 26.4 Å². The Morgan fingerprint density at radius 2 is 1.03 bits per heavy atom. The van der Waals surface area contributed by atoms with E-state index < -0.39 is 54.6 Å². The van der Waals surface area contributed by atoms with Crippen molar-refractivity contribution in [3.8, 4) is 0 Å². The standard InChI is InChI=1S/C22H38N2O8S2/c1-17(23-33(27,28)19-9-5-3-6-10-19)15-31-21(25)13-14-22(26)32-16-18(2)24-34(29,30)20-11-7-4-8-12-20/h13-14,17-20,23-24H,3-12,15-16H2,1-2H3/b14-13+/t17-,18-/m0/s1. The zero-order chi connectivity index (χ0) is 25.2. The highest BCUT2D eigenvalue weighted by atomic mass is 32.2. The molecule has 2 N–H and O–H groups in total. The minimum absolute atomic E-state index is 0.176. The Hall–Kier alpha value is -1.50. The summed E-state index contributed by atoms with van der Waals surface area (Å²) >= 11 is 0. The van der Waals surface area contributed by atoms with E-state index in [1.54, 1.807) is 13.8 Å². The second-order valence-corrected chi connectivity index (χ2v) is 13.2. The Kier molecular flexibility index (Phi) is 11.5. The molecule has 2 atom stereocenters. The number of hydrogen-bond donors (Lipinski definition) is 2. The van der Waals surface area contributed by atoms with Gasteiger partial charge in [0.15, 0.2) is 0 Å². The maximum absolute atomic E-state index is 12.4. The number of carbonyl (C=O) groups excluding carboxylic acids is 2. The van der Waals surface area contributed by atoms with Crippen LogP contribution in [0.2, 0.25) is 0 Å². The van der Waals surface area contributed by atoms with Gasteiger partial charge < -0.3 is 9.47 Å². The molecule has 10 nitrogen and oxygen atoms in total. The maximum atomic E-state index is 12.4. The molecule has 0 unspecified atom stereocenters. The topological polar surface area (TPSA) is 145 Å². The Bertz CT molecular complexity index is 831. The fourth-order valence-corrected chi connectivity index (χ4v) is 7.77. The second kappa shape index (κ2) is 13.6. The maximum Gasteiger partial charge on any atom is 0.331 e. The van der Waals surface area contributed by atoms with Gasteiger partial charge in [-0.05, 0) is 39.5 Å². The molecule has 0 aromatic rings. The SMILES string of the molecule is C[C@@H](COC(=O)/C=C/C(=O)OC[C@H](C)NS(=O)(=O)C1CCCCC1)NS(=O)(=O)C1CCCCC1. The Morgan fingerprint density at radius 1 is 0.706 bits per heavy atom. The summed E-state index contributed by atoms with van der Waals surface area (Å²) in [5.74, 6) is -1.63. The Morgan fingerprint density at radius 3 is 1.35 bits per heavy atom. The lowest BCUT2D eigenvalue weighted by Gasteiger charge is -2.24. The predicted molar refractivity (Wildman–Crippen MR) is 128 cm³/mol. The van der Waals surface area contributed by atoms with Crippen molar-refractivity contribution in [1.29, 1.82) is 0 Å². The van der Waals surface area contributed by atoms with Gasteiger partial charge in [-0.15, -0.1) is 0 Å². The number of carbonyl (C=O) groups is 2. The van der Waals surface area contributed by atoms with Gasteiger partial charge in [0.25, 0.3) is 0 Å². The molecule has 0 radical (unpaired) electrons. The molecule has 2 saturated carbocycles. The summed E-state index contributed by atoms with van der Waals surface area (Å²) in [4.78, 5) is 23.7. The van der Waals surface area contributed by atoms with Crippen LogP contribution in [0.5, 0.6) is 0 Å². The van der Waals surface area contributed by atoms with E-state index in [-0.39, 0.29) is 13.2 Å². The molecule has 12 heteroatoms. The lowest BCUT2D eigenvalue weighted by atomic mass is 10.0. The van der Waals surface area contributed by atoms with Crippen LogP contribution in [-0.2, 0) is 39.1 Å². The van der Waals surface area contributed by atoms with Crippen LogP contribution in [0.15, 0.2) is 12.2 Å². The molecular formula is C22H38N2O8S2. The summed E-state index contributed by atoms with van der Waals surface area (Å²) in [6.45, 7) is 2.84. The molecule has 0 heterocycles. The molecule has 34 heavy (non-hydrogen) atoms. The van der Waals surface area contributed by atoms with Crippen molar-refractivity contribution in [1.82, 2.24) is 9.44 Å². The first kappa shape index (κ1) is 28.7. The summed E-state index contributed by atoms with van der Waals surface area (Å²) in [6, 6.07) is -1.21. The number of hydrogen-bond acceptors (Lipinski definition) is 8. The van der Waals surface area contributed by atoms with Gasteiger partial charge in [0, 0.05) is 12.2 Å². The van der Waals surface area contributed by atoms with E-state index >= 15 is 0 Å². The highest BCUT2D eigenvalue weighted by Gasteiger charge is 2.29. The molecule has 0 aliphatic heterocycles. The van der Waals surface area contributed by atoms with E-state index in [1.807, 2.05) is 0 Å². The largest absolute Gasteiger partial charge is 0.461 e. The van der Waals surface area contributed by atoms with Crippen molar-refractivity contribution in [2.24, 2.45) is 0 Å². The van der Waals surface area contributed by atoms with E-state index in [2.05, 4.69) is 9.44 Å². The normalized spacial score (nSPS) is 20.6. The highest BCUT2D eigenvalue weighted by molar-refractivity contribution is 7.90. The predicted octanol–water partition coefficient (Wildman–Crippen LogP) is 1.91. The molecule has 2 fully saturated rings. The summed E-state index contributed by atoms with van der Waals surface area (Å²) in [7, 11) is -6.95. The van der Waals surface area contributed by atoms with Crippen molar-refractivity contribution in [2.45, 2.75) is 101 Å².